The normalized spacial score (nSPS) is 11.6. The van der Waals surface area contributed by atoms with Gasteiger partial charge in [0, 0.05) is 10.6 Å². The van der Waals surface area contributed by atoms with Gasteiger partial charge in [-0.15, -0.1) is 0 Å². The van der Waals surface area contributed by atoms with Gasteiger partial charge in [0.1, 0.15) is 5.82 Å². The van der Waals surface area contributed by atoms with Crippen LogP contribution in [0.5, 0.6) is 0 Å². The van der Waals surface area contributed by atoms with Crippen molar-refractivity contribution in [2.75, 3.05) is 0 Å². The summed E-state index contributed by atoms with van der Waals surface area (Å²) in [5.74, 6) is -1.45. The van der Waals surface area contributed by atoms with Crippen LogP contribution in [0.3, 0.4) is 0 Å². The Bertz CT molecular complexity index is 596. The molecule has 2 nitrogen and oxygen atoms in total. The van der Waals surface area contributed by atoms with Gasteiger partial charge in [-0.05, 0) is 36.4 Å². The molecule has 18 heavy (non-hydrogen) atoms. The molecule has 0 saturated heterocycles. The number of hydrogen-bond donors (Lipinski definition) is 0. The Morgan fingerprint density at radius 1 is 1.06 bits per heavy atom. The summed E-state index contributed by atoms with van der Waals surface area (Å²) >= 11 is 5.70. The van der Waals surface area contributed by atoms with Crippen molar-refractivity contribution in [3.8, 4) is 0 Å². The first kappa shape index (κ1) is 12.5. The third-order valence-electron chi connectivity index (χ3n) is 2.28. The first-order valence-corrected chi connectivity index (χ1v) is 5.46. The van der Waals surface area contributed by atoms with Gasteiger partial charge in [0.05, 0.1) is 6.07 Å². The summed E-state index contributed by atoms with van der Waals surface area (Å²) in [6.45, 7) is 0. The average Bonchev–Trinajstić information content (AvgIpc) is 2.35. The van der Waals surface area contributed by atoms with Gasteiger partial charge in [-0.1, -0.05) is 11.6 Å². The van der Waals surface area contributed by atoms with E-state index in [1.165, 1.54) is 0 Å². The topological polar surface area (TPSA) is 26.1 Å². The summed E-state index contributed by atoms with van der Waals surface area (Å²) in [5.41, 5.74) is 0.169. The molecule has 0 heterocycles. The highest BCUT2D eigenvalue weighted by atomic mass is 35.5. The van der Waals surface area contributed by atoms with Crippen molar-refractivity contribution >= 4 is 23.5 Å². The van der Waals surface area contributed by atoms with E-state index < -0.39 is 11.6 Å². The minimum Gasteiger partial charge on any atom is -0.618 e. The molecule has 0 spiro atoms. The fraction of sp³-hybridized carbons (Fsp3) is 0. The van der Waals surface area contributed by atoms with Crippen LogP contribution in [-0.2, 0) is 0 Å². The summed E-state index contributed by atoms with van der Waals surface area (Å²) in [6.07, 6.45) is 1.15. The van der Waals surface area contributed by atoms with Gasteiger partial charge in [0.15, 0.2) is 12.0 Å². The highest BCUT2D eigenvalue weighted by Gasteiger charge is 2.11. The fourth-order valence-corrected chi connectivity index (χ4v) is 1.53. The van der Waals surface area contributed by atoms with E-state index in [1.54, 1.807) is 24.3 Å². The molecule has 0 radical (unpaired) electrons. The lowest BCUT2D eigenvalue weighted by Crippen LogP contribution is -2.01. The summed E-state index contributed by atoms with van der Waals surface area (Å²) < 4.78 is 26.6. The predicted molar refractivity (Wildman–Crippen MR) is 66.3 cm³/mol. The third-order valence-corrected chi connectivity index (χ3v) is 2.53. The smallest absolute Gasteiger partial charge is 0.255 e. The number of nitrogens with zero attached hydrogens (tertiary/aromatic N) is 1. The zero-order valence-electron chi connectivity index (χ0n) is 9.11. The van der Waals surface area contributed by atoms with Crippen LogP contribution < -0.4 is 0 Å². The Labute approximate surface area is 107 Å². The lowest BCUT2D eigenvalue weighted by Gasteiger charge is -2.04. The van der Waals surface area contributed by atoms with Crippen molar-refractivity contribution in [1.29, 1.82) is 0 Å². The molecule has 0 saturated carbocycles. The Morgan fingerprint density at radius 2 is 1.72 bits per heavy atom. The Kier molecular flexibility index (Phi) is 3.58. The van der Waals surface area contributed by atoms with Gasteiger partial charge >= 0.3 is 0 Å². The number of benzene rings is 2. The summed E-state index contributed by atoms with van der Waals surface area (Å²) in [6, 6.07) is 9.11. The van der Waals surface area contributed by atoms with E-state index >= 15 is 0 Å². The van der Waals surface area contributed by atoms with Crippen LogP contribution in [-0.4, -0.2) is 11.0 Å². The molecule has 0 atom stereocenters. The van der Waals surface area contributed by atoms with E-state index in [1.807, 2.05) is 0 Å². The molecule has 92 valence electrons. The monoisotopic (exact) mass is 267 g/mol. The van der Waals surface area contributed by atoms with E-state index in [0.29, 0.717) is 10.6 Å². The van der Waals surface area contributed by atoms with Crippen LogP contribution in [0.1, 0.15) is 5.56 Å². The summed E-state index contributed by atoms with van der Waals surface area (Å²) in [4.78, 5) is 0. The molecule has 0 aliphatic carbocycles. The molecular weight excluding hydrogens is 260 g/mol. The third kappa shape index (κ3) is 2.84. The molecular formula is C13H8ClF2NO. The van der Waals surface area contributed by atoms with Crippen LogP contribution in [0.25, 0.3) is 0 Å². The van der Waals surface area contributed by atoms with Gasteiger partial charge in [-0.3, -0.25) is 0 Å². The molecule has 5 heteroatoms. The second kappa shape index (κ2) is 5.14. The van der Waals surface area contributed by atoms with E-state index in [2.05, 4.69) is 0 Å². The van der Waals surface area contributed by atoms with Crippen LogP contribution in [0.15, 0.2) is 42.5 Å². The quantitative estimate of drug-likeness (QED) is 0.351. The van der Waals surface area contributed by atoms with Crippen molar-refractivity contribution in [3.63, 3.8) is 0 Å². The van der Waals surface area contributed by atoms with E-state index in [9.17, 15) is 14.0 Å². The molecule has 2 aromatic rings. The molecule has 0 aromatic heterocycles. The second-order valence-electron chi connectivity index (χ2n) is 3.60. The van der Waals surface area contributed by atoms with E-state index in [4.69, 9.17) is 11.6 Å². The van der Waals surface area contributed by atoms with Crippen molar-refractivity contribution in [2.45, 2.75) is 0 Å². The molecule has 0 bridgehead atoms. The van der Waals surface area contributed by atoms with Gasteiger partial charge in [-0.2, -0.15) is 9.13 Å². The molecule has 0 fully saturated rings. The molecule has 0 unspecified atom stereocenters. The molecule has 0 N–H and O–H groups in total. The number of halogens is 3. The highest BCUT2D eigenvalue weighted by Crippen LogP contribution is 2.18. The molecule has 0 aliphatic rings. The SMILES string of the molecule is [O-][N+](=Cc1ccc(Cl)cc1)c1cc(F)ccc1F. The predicted octanol–water partition coefficient (Wildman–Crippen LogP) is 3.88. The molecule has 0 aliphatic heterocycles. The van der Waals surface area contributed by atoms with Crippen molar-refractivity contribution in [3.05, 3.63) is 69.9 Å². The standard InChI is InChI=1S/C13H8ClF2NO/c14-10-3-1-9(2-4-10)8-17(18)13-7-11(15)5-6-12(13)16/h1-8H. The van der Waals surface area contributed by atoms with Gasteiger partial charge in [-0.25, -0.2) is 4.39 Å². The second-order valence-corrected chi connectivity index (χ2v) is 4.04. The van der Waals surface area contributed by atoms with Gasteiger partial charge < -0.3 is 5.21 Å². The fourth-order valence-electron chi connectivity index (χ4n) is 1.41. The van der Waals surface area contributed by atoms with Crippen molar-refractivity contribution in [1.82, 2.24) is 0 Å². The Hall–Kier alpha value is -1.94. The first-order valence-electron chi connectivity index (χ1n) is 5.08. The highest BCUT2D eigenvalue weighted by molar-refractivity contribution is 6.30. The number of hydrogen-bond acceptors (Lipinski definition) is 1. The van der Waals surface area contributed by atoms with E-state index in [-0.39, 0.29) is 10.4 Å². The minimum absolute atomic E-state index is 0.279. The zero-order chi connectivity index (χ0) is 13.1. The minimum atomic E-state index is -0.781. The van der Waals surface area contributed by atoms with Gasteiger partial charge in [0.2, 0.25) is 0 Å². The van der Waals surface area contributed by atoms with Gasteiger partial charge in [0.25, 0.3) is 5.69 Å². The maximum absolute atomic E-state index is 13.3. The maximum Gasteiger partial charge on any atom is 0.255 e. The zero-order valence-corrected chi connectivity index (χ0v) is 9.86. The van der Waals surface area contributed by atoms with Crippen LogP contribution in [0.2, 0.25) is 5.02 Å². The lowest BCUT2D eigenvalue weighted by atomic mass is 10.2. The lowest BCUT2D eigenvalue weighted by molar-refractivity contribution is -0.357. The number of rotatable bonds is 2. The van der Waals surface area contributed by atoms with Crippen molar-refractivity contribution in [2.24, 2.45) is 0 Å². The first-order chi connectivity index (χ1) is 8.56. The van der Waals surface area contributed by atoms with Crippen LogP contribution in [0, 0.1) is 16.8 Å². The van der Waals surface area contributed by atoms with Crippen molar-refractivity contribution < 1.29 is 13.5 Å². The van der Waals surface area contributed by atoms with Crippen LogP contribution >= 0.6 is 11.6 Å². The van der Waals surface area contributed by atoms with E-state index in [0.717, 1.165) is 24.4 Å². The largest absolute Gasteiger partial charge is 0.618 e. The molecule has 2 aromatic carbocycles. The molecule has 2 rings (SSSR count). The summed E-state index contributed by atoms with van der Waals surface area (Å²) in [7, 11) is 0. The average molecular weight is 268 g/mol. The maximum atomic E-state index is 13.3. The summed E-state index contributed by atoms with van der Waals surface area (Å²) in [5, 5.41) is 12.2. The Morgan fingerprint density at radius 3 is 2.39 bits per heavy atom. The van der Waals surface area contributed by atoms with Crippen LogP contribution in [0.4, 0.5) is 14.5 Å². The Balaban J connectivity index is 2.38. The molecule has 0 amide bonds.